The average molecular weight is 475 g/mol. The number of fused-ring (bicyclic) bond motifs is 2. The number of carbonyl (C=O) groups is 2. The molecule has 3 heterocycles. The lowest BCUT2D eigenvalue weighted by molar-refractivity contribution is -0.136. The lowest BCUT2D eigenvalue weighted by Crippen LogP contribution is -2.26. The molecule has 2 aliphatic heterocycles. The average Bonchev–Trinajstić information content (AvgIpc) is 3.55. The molecule has 1 amide bonds. The Balaban J connectivity index is 1.23. The van der Waals surface area contributed by atoms with Crippen molar-refractivity contribution in [3.05, 3.63) is 28.2 Å². The SMILES string of the molecule is O=C(O)CC/C=C\CC1C2CCC(O2)C1c1nc(C(=O)NCCCCC2CCCCC2)cs1. The number of carbonyl (C=O) groups excluding carboxylic acids is 1. The van der Waals surface area contributed by atoms with Gasteiger partial charge in [0.25, 0.3) is 5.91 Å². The van der Waals surface area contributed by atoms with Gasteiger partial charge in [0, 0.05) is 30.2 Å². The first kappa shape index (κ1) is 24.4. The summed E-state index contributed by atoms with van der Waals surface area (Å²) in [6, 6.07) is 0. The van der Waals surface area contributed by atoms with E-state index >= 15 is 0 Å². The van der Waals surface area contributed by atoms with E-state index in [0.29, 0.717) is 18.0 Å². The molecule has 2 N–H and O–H groups in total. The van der Waals surface area contributed by atoms with Crippen LogP contribution >= 0.6 is 11.3 Å². The van der Waals surface area contributed by atoms with Crippen molar-refractivity contribution in [3.63, 3.8) is 0 Å². The number of nitrogens with zero attached hydrogens (tertiary/aromatic N) is 1. The number of ether oxygens (including phenoxy) is 1. The lowest BCUT2D eigenvalue weighted by Gasteiger charge is -2.25. The molecule has 3 aliphatic rings. The smallest absolute Gasteiger partial charge is 0.303 e. The van der Waals surface area contributed by atoms with Crippen molar-refractivity contribution in [3.8, 4) is 0 Å². The molecule has 33 heavy (non-hydrogen) atoms. The maximum Gasteiger partial charge on any atom is 0.303 e. The van der Waals surface area contributed by atoms with Gasteiger partial charge in [0.05, 0.1) is 17.2 Å². The maximum absolute atomic E-state index is 12.6. The molecule has 0 spiro atoms. The van der Waals surface area contributed by atoms with E-state index in [2.05, 4.69) is 11.4 Å². The van der Waals surface area contributed by atoms with Crippen LogP contribution in [0.15, 0.2) is 17.5 Å². The second-order valence-corrected chi connectivity index (χ2v) is 10.8. The number of aromatic nitrogens is 1. The van der Waals surface area contributed by atoms with Crippen LogP contribution in [0.5, 0.6) is 0 Å². The van der Waals surface area contributed by atoms with Crippen molar-refractivity contribution in [1.82, 2.24) is 10.3 Å². The summed E-state index contributed by atoms with van der Waals surface area (Å²) in [5.74, 6) is 0.657. The van der Waals surface area contributed by atoms with Gasteiger partial charge in [0.1, 0.15) is 5.69 Å². The van der Waals surface area contributed by atoms with Gasteiger partial charge in [0.15, 0.2) is 0 Å². The number of carboxylic acids is 1. The van der Waals surface area contributed by atoms with Gasteiger partial charge in [-0.2, -0.15) is 0 Å². The van der Waals surface area contributed by atoms with Gasteiger partial charge < -0.3 is 15.2 Å². The Morgan fingerprint density at radius 3 is 2.76 bits per heavy atom. The molecule has 4 unspecified atom stereocenters. The van der Waals surface area contributed by atoms with E-state index in [9.17, 15) is 9.59 Å². The minimum Gasteiger partial charge on any atom is -0.481 e. The summed E-state index contributed by atoms with van der Waals surface area (Å²) in [6.45, 7) is 0.722. The summed E-state index contributed by atoms with van der Waals surface area (Å²) < 4.78 is 6.20. The number of nitrogens with one attached hydrogen (secondary N) is 1. The first-order chi connectivity index (χ1) is 16.1. The fourth-order valence-electron chi connectivity index (χ4n) is 5.87. The van der Waals surface area contributed by atoms with Crippen LogP contribution in [0.3, 0.4) is 0 Å². The molecule has 182 valence electrons. The largest absolute Gasteiger partial charge is 0.481 e. The highest BCUT2D eigenvalue weighted by atomic mass is 32.1. The van der Waals surface area contributed by atoms with Crippen molar-refractivity contribution in [2.24, 2.45) is 11.8 Å². The summed E-state index contributed by atoms with van der Waals surface area (Å²) >= 11 is 1.57. The van der Waals surface area contributed by atoms with Crippen LogP contribution in [-0.2, 0) is 9.53 Å². The highest BCUT2D eigenvalue weighted by Crippen LogP contribution is 2.50. The van der Waals surface area contributed by atoms with Crippen LogP contribution in [0.25, 0.3) is 0 Å². The number of carboxylic acid groups (broad SMARTS) is 1. The van der Waals surface area contributed by atoms with Crippen LogP contribution in [0.4, 0.5) is 0 Å². The van der Waals surface area contributed by atoms with Gasteiger partial charge in [-0.25, -0.2) is 4.98 Å². The van der Waals surface area contributed by atoms with E-state index in [1.807, 2.05) is 11.5 Å². The monoisotopic (exact) mass is 474 g/mol. The molecule has 4 atom stereocenters. The fourth-order valence-corrected chi connectivity index (χ4v) is 6.89. The third kappa shape index (κ3) is 6.66. The number of rotatable bonds is 12. The van der Waals surface area contributed by atoms with Gasteiger partial charge in [-0.15, -0.1) is 11.3 Å². The summed E-state index contributed by atoms with van der Waals surface area (Å²) in [4.78, 5) is 28.0. The molecule has 1 aromatic heterocycles. The van der Waals surface area contributed by atoms with Crippen LogP contribution in [-0.4, -0.2) is 40.7 Å². The van der Waals surface area contributed by atoms with Crippen molar-refractivity contribution >= 4 is 23.2 Å². The first-order valence-electron chi connectivity index (χ1n) is 12.9. The summed E-state index contributed by atoms with van der Waals surface area (Å²) in [7, 11) is 0. The lowest BCUT2D eigenvalue weighted by atomic mass is 9.77. The highest BCUT2D eigenvalue weighted by molar-refractivity contribution is 7.10. The van der Waals surface area contributed by atoms with Gasteiger partial charge in [0.2, 0.25) is 0 Å². The van der Waals surface area contributed by atoms with Gasteiger partial charge >= 0.3 is 5.97 Å². The standard InChI is InChI=1S/C26H38N2O4S/c29-23(30)13-6-2-5-12-19-21-14-15-22(32-21)24(19)26-28-20(17-33-26)25(31)27-16-8-7-11-18-9-3-1-4-10-18/h2,5,17-19,21-22,24H,1,3-4,6-16H2,(H,27,31)(H,29,30)/b5-2-. The van der Waals surface area contributed by atoms with Crippen LogP contribution in [0.1, 0.15) is 105 Å². The van der Waals surface area contributed by atoms with E-state index in [1.54, 1.807) is 11.3 Å². The highest BCUT2D eigenvalue weighted by Gasteiger charge is 2.50. The Kier molecular flexibility index (Phi) is 8.96. The second kappa shape index (κ2) is 12.1. The Morgan fingerprint density at radius 1 is 1.12 bits per heavy atom. The number of hydrogen-bond acceptors (Lipinski definition) is 5. The zero-order chi connectivity index (χ0) is 23.0. The molecule has 3 fully saturated rings. The number of hydrogen-bond donors (Lipinski definition) is 2. The molecule has 1 saturated carbocycles. The minimum atomic E-state index is -0.765. The predicted octanol–water partition coefficient (Wildman–Crippen LogP) is 5.70. The summed E-state index contributed by atoms with van der Waals surface area (Å²) in [5.41, 5.74) is 0.529. The van der Waals surface area contributed by atoms with Crippen molar-refractivity contribution in [2.75, 3.05) is 6.54 Å². The van der Waals surface area contributed by atoms with Crippen LogP contribution in [0, 0.1) is 11.8 Å². The first-order valence-corrected chi connectivity index (χ1v) is 13.8. The molecular weight excluding hydrogens is 436 g/mol. The number of allylic oxidation sites excluding steroid dienone is 2. The zero-order valence-corrected chi connectivity index (χ0v) is 20.4. The molecular formula is C26H38N2O4S. The second-order valence-electron chi connectivity index (χ2n) is 9.95. The van der Waals surface area contributed by atoms with E-state index in [-0.39, 0.29) is 30.5 Å². The van der Waals surface area contributed by atoms with Gasteiger partial charge in [-0.05, 0) is 38.0 Å². The van der Waals surface area contributed by atoms with Gasteiger partial charge in [-0.1, -0.05) is 57.1 Å². The summed E-state index contributed by atoms with van der Waals surface area (Å²) in [5, 5.41) is 14.7. The number of amides is 1. The molecule has 0 aromatic carbocycles. The molecule has 1 aromatic rings. The Morgan fingerprint density at radius 2 is 1.94 bits per heavy atom. The molecule has 4 rings (SSSR count). The van der Waals surface area contributed by atoms with Gasteiger partial charge in [-0.3, -0.25) is 9.59 Å². The third-order valence-corrected chi connectivity index (χ3v) is 8.56. The number of unbranched alkanes of at least 4 members (excludes halogenated alkanes) is 1. The zero-order valence-electron chi connectivity index (χ0n) is 19.5. The Labute approximate surface area is 201 Å². The predicted molar refractivity (Wildman–Crippen MR) is 130 cm³/mol. The van der Waals surface area contributed by atoms with Crippen LogP contribution in [0.2, 0.25) is 0 Å². The topological polar surface area (TPSA) is 88.5 Å². The molecule has 6 nitrogen and oxygen atoms in total. The molecule has 0 radical (unpaired) electrons. The Bertz CT molecular complexity index is 817. The molecule has 2 saturated heterocycles. The number of thiazole rings is 1. The fraction of sp³-hybridized carbons (Fsp3) is 0.731. The third-order valence-electron chi connectivity index (χ3n) is 7.61. The van der Waals surface area contributed by atoms with Crippen molar-refractivity contribution < 1.29 is 19.4 Å². The number of aliphatic carboxylic acids is 1. The van der Waals surface area contributed by atoms with Crippen molar-refractivity contribution in [2.45, 2.75) is 102 Å². The van der Waals surface area contributed by atoms with Crippen LogP contribution < -0.4 is 5.32 Å². The van der Waals surface area contributed by atoms with E-state index < -0.39 is 5.97 Å². The van der Waals surface area contributed by atoms with Crippen molar-refractivity contribution in [1.29, 1.82) is 0 Å². The maximum atomic E-state index is 12.6. The Hall–Kier alpha value is -1.73. The molecule has 2 bridgehead atoms. The molecule has 1 aliphatic carbocycles. The quantitative estimate of drug-likeness (QED) is 0.300. The minimum absolute atomic E-state index is 0.0654. The summed E-state index contributed by atoms with van der Waals surface area (Å²) in [6.07, 6.45) is 18.7. The van der Waals surface area contributed by atoms with E-state index in [4.69, 9.17) is 14.8 Å². The normalized spacial score (nSPS) is 27.4. The van der Waals surface area contributed by atoms with E-state index in [1.165, 1.54) is 44.9 Å². The molecule has 7 heteroatoms. The van der Waals surface area contributed by atoms with E-state index in [0.717, 1.165) is 43.2 Å².